The lowest BCUT2D eigenvalue weighted by molar-refractivity contribution is 0.338. The fourth-order valence-corrected chi connectivity index (χ4v) is 4.61. The molecule has 4 nitrogen and oxygen atoms in total. The summed E-state index contributed by atoms with van der Waals surface area (Å²) in [5, 5.41) is 3.16. The van der Waals surface area contributed by atoms with Crippen LogP contribution in [0.1, 0.15) is 19.3 Å². The van der Waals surface area contributed by atoms with Crippen molar-refractivity contribution in [3.05, 3.63) is 0 Å². The van der Waals surface area contributed by atoms with E-state index in [9.17, 15) is 8.42 Å². The molecule has 0 radical (unpaired) electrons. The van der Waals surface area contributed by atoms with E-state index in [1.807, 2.05) is 11.8 Å². The summed E-state index contributed by atoms with van der Waals surface area (Å²) in [4.78, 5) is 0. The molecule has 2 saturated heterocycles. The summed E-state index contributed by atoms with van der Waals surface area (Å²) in [5.74, 6) is 3.03. The van der Waals surface area contributed by atoms with Crippen LogP contribution >= 0.6 is 11.8 Å². The molecule has 94 valence electrons. The summed E-state index contributed by atoms with van der Waals surface area (Å²) in [6, 6.07) is 0.186. The molecule has 0 unspecified atom stereocenters. The van der Waals surface area contributed by atoms with Crippen LogP contribution in [-0.2, 0) is 10.0 Å². The molecule has 0 amide bonds. The molecule has 16 heavy (non-hydrogen) atoms. The topological polar surface area (TPSA) is 58.2 Å². The first-order valence-electron chi connectivity index (χ1n) is 5.94. The van der Waals surface area contributed by atoms with Gasteiger partial charge in [-0.1, -0.05) is 0 Å². The Kier molecular flexibility index (Phi) is 4.52. The highest BCUT2D eigenvalue weighted by Crippen LogP contribution is 2.18. The lowest BCUT2D eigenvalue weighted by Crippen LogP contribution is -2.44. The lowest BCUT2D eigenvalue weighted by atomic mass is 10.0. The Hall–Kier alpha value is 0.220. The second kappa shape index (κ2) is 5.71. The summed E-state index contributed by atoms with van der Waals surface area (Å²) in [6.07, 6.45) is 2.76. The van der Waals surface area contributed by atoms with Gasteiger partial charge in [-0.25, -0.2) is 13.1 Å². The monoisotopic (exact) mass is 264 g/mol. The average molecular weight is 264 g/mol. The van der Waals surface area contributed by atoms with Gasteiger partial charge in [-0.15, -0.1) is 0 Å². The van der Waals surface area contributed by atoms with Crippen molar-refractivity contribution in [3.63, 3.8) is 0 Å². The molecule has 2 rings (SSSR count). The Morgan fingerprint density at radius 1 is 1.25 bits per heavy atom. The number of rotatable bonds is 5. The minimum absolute atomic E-state index is 0.186. The maximum atomic E-state index is 11.8. The summed E-state index contributed by atoms with van der Waals surface area (Å²) < 4.78 is 26.4. The molecule has 0 aromatic rings. The van der Waals surface area contributed by atoms with E-state index in [0.717, 1.165) is 43.9 Å². The summed E-state index contributed by atoms with van der Waals surface area (Å²) >= 11 is 1.91. The van der Waals surface area contributed by atoms with Crippen LogP contribution in [-0.4, -0.2) is 44.8 Å². The molecule has 0 atom stereocenters. The standard InChI is InChI=1S/C10H20N2O2S2/c13-16(14,6-3-9-7-11-8-9)12-10-1-4-15-5-2-10/h9-12H,1-8H2. The Morgan fingerprint density at radius 3 is 2.50 bits per heavy atom. The maximum absolute atomic E-state index is 11.8. The second-order valence-corrected chi connectivity index (χ2v) is 7.73. The molecular formula is C10H20N2O2S2. The first-order valence-corrected chi connectivity index (χ1v) is 8.75. The van der Waals surface area contributed by atoms with Crippen LogP contribution in [0.15, 0.2) is 0 Å². The van der Waals surface area contributed by atoms with E-state index in [2.05, 4.69) is 10.0 Å². The van der Waals surface area contributed by atoms with E-state index in [1.165, 1.54) is 0 Å². The van der Waals surface area contributed by atoms with E-state index in [1.54, 1.807) is 0 Å². The number of thioether (sulfide) groups is 1. The highest BCUT2D eigenvalue weighted by Gasteiger charge is 2.23. The van der Waals surface area contributed by atoms with Crippen molar-refractivity contribution in [1.82, 2.24) is 10.0 Å². The molecule has 2 aliphatic heterocycles. The Morgan fingerprint density at radius 2 is 1.94 bits per heavy atom. The molecule has 0 saturated carbocycles. The van der Waals surface area contributed by atoms with Gasteiger partial charge >= 0.3 is 0 Å². The van der Waals surface area contributed by atoms with Crippen molar-refractivity contribution >= 4 is 21.8 Å². The number of hydrogen-bond acceptors (Lipinski definition) is 4. The summed E-state index contributed by atoms with van der Waals surface area (Å²) in [7, 11) is -3.04. The molecule has 6 heteroatoms. The van der Waals surface area contributed by atoms with Crippen molar-refractivity contribution in [1.29, 1.82) is 0 Å². The van der Waals surface area contributed by atoms with Crippen LogP contribution in [0.5, 0.6) is 0 Å². The molecule has 0 aliphatic carbocycles. The van der Waals surface area contributed by atoms with Crippen molar-refractivity contribution in [2.75, 3.05) is 30.3 Å². The normalized spacial score (nSPS) is 24.2. The van der Waals surface area contributed by atoms with Crippen LogP contribution in [0.2, 0.25) is 0 Å². The molecule has 0 bridgehead atoms. The van der Waals surface area contributed by atoms with Crippen LogP contribution < -0.4 is 10.0 Å². The highest BCUT2D eigenvalue weighted by molar-refractivity contribution is 7.99. The first kappa shape index (κ1) is 12.7. The fraction of sp³-hybridized carbons (Fsp3) is 1.00. The quantitative estimate of drug-likeness (QED) is 0.755. The van der Waals surface area contributed by atoms with Crippen LogP contribution in [0.25, 0.3) is 0 Å². The van der Waals surface area contributed by atoms with Gasteiger partial charge in [0.2, 0.25) is 10.0 Å². The van der Waals surface area contributed by atoms with Crippen LogP contribution in [0, 0.1) is 5.92 Å². The Bertz CT molecular complexity index is 309. The predicted molar refractivity (Wildman–Crippen MR) is 68.2 cm³/mol. The Labute approximate surface area is 102 Å². The van der Waals surface area contributed by atoms with E-state index in [4.69, 9.17) is 0 Å². The zero-order valence-corrected chi connectivity index (χ0v) is 11.1. The van der Waals surface area contributed by atoms with Gasteiger partial charge < -0.3 is 5.32 Å². The third-order valence-corrected chi connectivity index (χ3v) is 5.74. The number of hydrogen-bond donors (Lipinski definition) is 2. The van der Waals surface area contributed by atoms with E-state index in [0.29, 0.717) is 11.7 Å². The van der Waals surface area contributed by atoms with Gasteiger partial charge in [0, 0.05) is 6.04 Å². The molecule has 2 fully saturated rings. The number of sulfonamides is 1. The second-order valence-electron chi connectivity index (χ2n) is 4.64. The van der Waals surface area contributed by atoms with E-state index in [-0.39, 0.29) is 6.04 Å². The largest absolute Gasteiger partial charge is 0.316 e. The lowest BCUT2D eigenvalue weighted by Gasteiger charge is -2.27. The van der Waals surface area contributed by atoms with Crippen molar-refractivity contribution < 1.29 is 8.42 Å². The Balaban J connectivity index is 1.72. The van der Waals surface area contributed by atoms with Gasteiger partial charge in [0.15, 0.2) is 0 Å². The van der Waals surface area contributed by atoms with Crippen molar-refractivity contribution in [2.45, 2.75) is 25.3 Å². The zero-order chi connectivity index (χ0) is 11.4. The van der Waals surface area contributed by atoms with Gasteiger partial charge in [0.05, 0.1) is 5.75 Å². The molecular weight excluding hydrogens is 244 g/mol. The highest BCUT2D eigenvalue weighted by atomic mass is 32.2. The summed E-state index contributed by atoms with van der Waals surface area (Å²) in [5.41, 5.74) is 0. The molecule has 0 spiro atoms. The molecule has 2 aliphatic rings. The first-order chi connectivity index (χ1) is 7.66. The van der Waals surface area contributed by atoms with Crippen molar-refractivity contribution in [3.8, 4) is 0 Å². The number of nitrogens with one attached hydrogen (secondary N) is 2. The third-order valence-electron chi connectivity index (χ3n) is 3.23. The SMILES string of the molecule is O=S(=O)(CCC1CNC1)NC1CCSCC1. The molecule has 2 N–H and O–H groups in total. The van der Waals surface area contributed by atoms with Gasteiger partial charge in [-0.2, -0.15) is 11.8 Å². The van der Waals surface area contributed by atoms with Gasteiger partial charge in [-0.3, -0.25) is 0 Å². The minimum atomic E-state index is -3.04. The minimum Gasteiger partial charge on any atom is -0.316 e. The molecule has 0 aromatic carbocycles. The van der Waals surface area contributed by atoms with Gasteiger partial charge in [-0.05, 0) is 49.8 Å². The smallest absolute Gasteiger partial charge is 0.211 e. The third kappa shape index (κ3) is 3.91. The van der Waals surface area contributed by atoms with E-state index < -0.39 is 10.0 Å². The van der Waals surface area contributed by atoms with Crippen LogP contribution in [0.4, 0.5) is 0 Å². The van der Waals surface area contributed by atoms with Crippen LogP contribution in [0.3, 0.4) is 0 Å². The average Bonchev–Trinajstić information content (AvgIpc) is 2.15. The zero-order valence-electron chi connectivity index (χ0n) is 9.44. The van der Waals surface area contributed by atoms with Gasteiger partial charge in [0.25, 0.3) is 0 Å². The van der Waals surface area contributed by atoms with Crippen molar-refractivity contribution in [2.24, 2.45) is 5.92 Å². The van der Waals surface area contributed by atoms with Gasteiger partial charge in [0.1, 0.15) is 0 Å². The summed E-state index contributed by atoms with van der Waals surface area (Å²) in [6.45, 7) is 1.96. The molecule has 0 aromatic heterocycles. The van der Waals surface area contributed by atoms with E-state index >= 15 is 0 Å². The maximum Gasteiger partial charge on any atom is 0.211 e. The predicted octanol–water partition coefficient (Wildman–Crippen LogP) is 0.411. The fourth-order valence-electron chi connectivity index (χ4n) is 2.00. The molecule has 2 heterocycles.